The molecule has 2 aromatic rings. The molecule has 1 unspecified atom stereocenters. The van der Waals surface area contributed by atoms with Crippen LogP contribution in [0.15, 0.2) is 51.8 Å². The zero-order chi connectivity index (χ0) is 15.4. The number of benzene rings is 2. The van der Waals surface area contributed by atoms with Crippen molar-refractivity contribution in [2.75, 3.05) is 18.7 Å². The summed E-state index contributed by atoms with van der Waals surface area (Å²) in [6.07, 6.45) is 1.60. The van der Waals surface area contributed by atoms with Gasteiger partial charge in [-0.1, -0.05) is 6.07 Å². The van der Waals surface area contributed by atoms with Crippen molar-refractivity contribution in [2.45, 2.75) is 4.90 Å². The van der Waals surface area contributed by atoms with Crippen LogP contribution in [-0.2, 0) is 10.8 Å². The summed E-state index contributed by atoms with van der Waals surface area (Å²) in [7, 11) is 0.458. The smallest absolute Gasteiger partial charge is 0.256 e. The van der Waals surface area contributed by atoms with Crippen molar-refractivity contribution in [1.82, 2.24) is 0 Å². The third-order valence-electron chi connectivity index (χ3n) is 2.84. The van der Waals surface area contributed by atoms with Gasteiger partial charge in [-0.2, -0.15) is 0 Å². The van der Waals surface area contributed by atoms with E-state index in [0.717, 1.165) is 0 Å². The van der Waals surface area contributed by atoms with E-state index in [0.29, 0.717) is 26.4 Å². The number of hydrogen-bond donors (Lipinski definition) is 1. The lowest BCUT2D eigenvalue weighted by molar-refractivity contribution is 0.102. The summed E-state index contributed by atoms with van der Waals surface area (Å²) >= 11 is 3.35. The number of nitrogens with one attached hydrogen (secondary N) is 1. The van der Waals surface area contributed by atoms with Crippen LogP contribution in [0.5, 0.6) is 5.75 Å². The molecule has 0 spiro atoms. The molecular formula is C15H14BrNO3S. The van der Waals surface area contributed by atoms with E-state index in [4.69, 9.17) is 4.74 Å². The van der Waals surface area contributed by atoms with Crippen molar-refractivity contribution in [2.24, 2.45) is 0 Å². The van der Waals surface area contributed by atoms with E-state index in [2.05, 4.69) is 21.2 Å². The Labute approximate surface area is 134 Å². The average molecular weight is 368 g/mol. The molecule has 0 bridgehead atoms. The molecule has 2 aromatic carbocycles. The topological polar surface area (TPSA) is 55.4 Å². The van der Waals surface area contributed by atoms with Crippen molar-refractivity contribution in [3.05, 3.63) is 52.5 Å². The number of anilines is 1. The zero-order valence-corrected chi connectivity index (χ0v) is 14.0. The van der Waals surface area contributed by atoms with Crippen molar-refractivity contribution in [3.8, 4) is 5.75 Å². The first kappa shape index (κ1) is 15.7. The highest BCUT2D eigenvalue weighted by atomic mass is 79.9. The summed E-state index contributed by atoms with van der Waals surface area (Å²) < 4.78 is 17.3. The number of methoxy groups -OCH3 is 1. The van der Waals surface area contributed by atoms with Crippen LogP contribution >= 0.6 is 15.9 Å². The highest BCUT2D eigenvalue weighted by molar-refractivity contribution is 9.10. The van der Waals surface area contributed by atoms with Crippen LogP contribution in [0.3, 0.4) is 0 Å². The fourth-order valence-electron chi connectivity index (χ4n) is 1.76. The Hall–Kier alpha value is -1.66. The molecular weight excluding hydrogens is 354 g/mol. The lowest BCUT2D eigenvalue weighted by Crippen LogP contribution is -2.13. The highest BCUT2D eigenvalue weighted by Gasteiger charge is 2.12. The van der Waals surface area contributed by atoms with Crippen LogP contribution in [0, 0.1) is 0 Å². The molecule has 6 heteroatoms. The van der Waals surface area contributed by atoms with Crippen LogP contribution in [0.2, 0.25) is 0 Å². The number of carbonyl (C=O) groups is 1. The van der Waals surface area contributed by atoms with Crippen molar-refractivity contribution in [3.63, 3.8) is 0 Å². The van der Waals surface area contributed by atoms with Crippen LogP contribution in [-0.4, -0.2) is 23.5 Å². The molecule has 2 rings (SSSR count). The van der Waals surface area contributed by atoms with E-state index in [9.17, 15) is 9.00 Å². The van der Waals surface area contributed by atoms with E-state index in [1.807, 2.05) is 0 Å². The Kier molecular flexibility index (Phi) is 5.14. The standard InChI is InChI=1S/C15H14BrNO3S/c1-20-11-6-7-14(16)13(9-11)15(18)17-10-4-3-5-12(8-10)21(2)19/h3-9H,1-2H3,(H,17,18). The second-order valence-corrected chi connectivity index (χ2v) is 6.52. The summed E-state index contributed by atoms with van der Waals surface area (Å²) in [6.45, 7) is 0. The second-order valence-electron chi connectivity index (χ2n) is 4.28. The van der Waals surface area contributed by atoms with Gasteiger partial charge in [0.2, 0.25) is 0 Å². The minimum atomic E-state index is -1.09. The van der Waals surface area contributed by atoms with Crippen LogP contribution in [0.25, 0.3) is 0 Å². The maximum atomic E-state index is 12.3. The lowest BCUT2D eigenvalue weighted by Gasteiger charge is -2.09. The summed E-state index contributed by atoms with van der Waals surface area (Å²) in [5.74, 6) is 0.339. The van der Waals surface area contributed by atoms with Crippen molar-refractivity contribution >= 4 is 38.3 Å². The minimum Gasteiger partial charge on any atom is -0.497 e. The van der Waals surface area contributed by atoms with Gasteiger partial charge in [0, 0.05) is 32.1 Å². The third kappa shape index (κ3) is 3.92. The van der Waals surface area contributed by atoms with E-state index < -0.39 is 10.8 Å². The van der Waals surface area contributed by atoms with Gasteiger partial charge >= 0.3 is 0 Å². The maximum absolute atomic E-state index is 12.3. The number of halogens is 1. The third-order valence-corrected chi connectivity index (χ3v) is 4.45. The minimum absolute atomic E-state index is 0.264. The van der Waals surface area contributed by atoms with Gasteiger partial charge < -0.3 is 10.1 Å². The van der Waals surface area contributed by atoms with E-state index in [1.165, 1.54) is 0 Å². The monoisotopic (exact) mass is 367 g/mol. The fourth-order valence-corrected chi connectivity index (χ4v) is 2.75. The molecule has 0 aromatic heterocycles. The summed E-state index contributed by atoms with van der Waals surface area (Å²) in [4.78, 5) is 13.0. The largest absolute Gasteiger partial charge is 0.497 e. The Morgan fingerprint density at radius 2 is 2.00 bits per heavy atom. The SMILES string of the molecule is COc1ccc(Br)c(C(=O)Nc2cccc(S(C)=O)c2)c1. The quantitative estimate of drug-likeness (QED) is 0.900. The molecule has 110 valence electrons. The summed E-state index contributed by atoms with van der Waals surface area (Å²) in [5, 5.41) is 2.79. The molecule has 0 saturated heterocycles. The van der Waals surface area contributed by atoms with Gasteiger partial charge in [0.1, 0.15) is 5.75 Å². The summed E-state index contributed by atoms with van der Waals surface area (Å²) in [5.41, 5.74) is 1.07. The van der Waals surface area contributed by atoms with E-state index in [-0.39, 0.29) is 5.91 Å². The number of rotatable bonds is 4. The van der Waals surface area contributed by atoms with E-state index >= 15 is 0 Å². The molecule has 0 aliphatic carbocycles. The van der Waals surface area contributed by atoms with Gasteiger partial charge in [0.25, 0.3) is 5.91 Å². The van der Waals surface area contributed by atoms with Crippen LogP contribution < -0.4 is 10.1 Å². The van der Waals surface area contributed by atoms with Gasteiger partial charge in [-0.15, -0.1) is 0 Å². The molecule has 0 aliphatic heterocycles. The summed E-state index contributed by atoms with van der Waals surface area (Å²) in [6, 6.07) is 12.1. The Morgan fingerprint density at radius 1 is 1.24 bits per heavy atom. The normalized spacial score (nSPS) is 11.8. The predicted molar refractivity (Wildman–Crippen MR) is 87.4 cm³/mol. The number of hydrogen-bond acceptors (Lipinski definition) is 3. The number of amides is 1. The molecule has 0 fully saturated rings. The first-order valence-electron chi connectivity index (χ1n) is 6.09. The average Bonchev–Trinajstić information content (AvgIpc) is 2.48. The van der Waals surface area contributed by atoms with Gasteiger partial charge in [0.15, 0.2) is 0 Å². The Balaban J connectivity index is 2.25. The molecule has 1 atom stereocenters. The molecule has 0 saturated carbocycles. The zero-order valence-electron chi connectivity index (χ0n) is 11.6. The molecule has 1 amide bonds. The van der Waals surface area contributed by atoms with Crippen LogP contribution in [0.4, 0.5) is 5.69 Å². The number of ether oxygens (including phenoxy) is 1. The molecule has 4 nitrogen and oxygen atoms in total. The maximum Gasteiger partial charge on any atom is 0.256 e. The Morgan fingerprint density at radius 3 is 2.67 bits per heavy atom. The highest BCUT2D eigenvalue weighted by Crippen LogP contribution is 2.24. The van der Waals surface area contributed by atoms with Crippen molar-refractivity contribution < 1.29 is 13.7 Å². The van der Waals surface area contributed by atoms with Gasteiger partial charge in [-0.25, -0.2) is 0 Å². The first-order chi connectivity index (χ1) is 10.0. The molecule has 21 heavy (non-hydrogen) atoms. The lowest BCUT2D eigenvalue weighted by atomic mass is 10.2. The second kappa shape index (κ2) is 6.87. The fraction of sp³-hybridized carbons (Fsp3) is 0.133. The van der Waals surface area contributed by atoms with Crippen molar-refractivity contribution in [1.29, 1.82) is 0 Å². The first-order valence-corrected chi connectivity index (χ1v) is 8.44. The van der Waals surface area contributed by atoms with Crippen LogP contribution in [0.1, 0.15) is 10.4 Å². The van der Waals surface area contributed by atoms with Gasteiger partial charge in [0.05, 0.1) is 12.7 Å². The van der Waals surface area contributed by atoms with Gasteiger partial charge in [-0.3, -0.25) is 9.00 Å². The molecule has 0 heterocycles. The molecule has 0 radical (unpaired) electrons. The van der Waals surface area contributed by atoms with E-state index in [1.54, 1.807) is 55.8 Å². The Bertz CT molecular complexity index is 703. The predicted octanol–water partition coefficient (Wildman–Crippen LogP) is 3.45. The van der Waals surface area contributed by atoms with Gasteiger partial charge in [-0.05, 0) is 52.3 Å². The molecule has 0 aliphatic rings. The molecule has 1 N–H and O–H groups in total. The number of carbonyl (C=O) groups excluding carboxylic acids is 1.